The van der Waals surface area contributed by atoms with E-state index >= 15 is 0 Å². The first-order valence-corrected chi connectivity index (χ1v) is 8.06. The van der Waals surface area contributed by atoms with E-state index in [1.165, 1.54) is 0 Å². The van der Waals surface area contributed by atoms with Crippen LogP contribution in [0.4, 0.5) is 0 Å². The molecule has 3 aromatic carbocycles. The molecular weight excluding hydrogens is 365 g/mol. The Morgan fingerprint density at radius 3 is 2.15 bits per heavy atom. The third-order valence-electron chi connectivity index (χ3n) is 4.00. The van der Waals surface area contributed by atoms with Gasteiger partial charge in [-0.15, -0.1) is 23.8 Å². The van der Waals surface area contributed by atoms with E-state index in [0.717, 1.165) is 33.6 Å². The number of nitrogens with zero attached hydrogens (tertiary/aromatic N) is 1. The average Bonchev–Trinajstić information content (AvgIpc) is 2.69. The number of aromatic nitrogens is 1. The molecule has 1 aromatic heterocycles. The Morgan fingerprint density at radius 1 is 0.654 bits per heavy atom. The molecule has 0 aliphatic heterocycles. The molecule has 0 bridgehead atoms. The maximum Gasteiger partial charge on any atom is 2.00 e. The summed E-state index contributed by atoms with van der Waals surface area (Å²) in [7, 11) is 0. The third-order valence-corrected chi connectivity index (χ3v) is 4.00. The molecule has 128 valence electrons. The number of phenolic OH excluding ortho intramolecular Hbond substituents is 1. The fraction of sp³-hybridized carbons (Fsp3) is 0. The Hall–Kier alpha value is -2.90. The minimum Gasteiger partial charge on any atom is -0.507 e. The Bertz CT molecular complexity index is 1020. The Labute approximate surface area is 163 Å². The largest absolute Gasteiger partial charge is 2.00 e. The molecular formula is C23H15NNiO. The first-order chi connectivity index (χ1) is 12.3. The maximum atomic E-state index is 10.1. The zero-order valence-electron chi connectivity index (χ0n) is 13.8. The molecule has 3 heteroatoms. The van der Waals surface area contributed by atoms with Crippen molar-refractivity contribution in [2.75, 3.05) is 0 Å². The molecule has 0 aliphatic carbocycles. The van der Waals surface area contributed by atoms with Crippen LogP contribution in [0.3, 0.4) is 0 Å². The van der Waals surface area contributed by atoms with E-state index in [9.17, 15) is 5.11 Å². The van der Waals surface area contributed by atoms with Crippen molar-refractivity contribution in [2.24, 2.45) is 0 Å². The number of hydrogen-bond donors (Lipinski definition) is 1. The molecule has 0 amide bonds. The molecule has 0 atom stereocenters. The van der Waals surface area contributed by atoms with E-state index in [4.69, 9.17) is 4.98 Å². The van der Waals surface area contributed by atoms with Gasteiger partial charge in [0.05, 0.1) is 5.69 Å². The minimum atomic E-state index is 0. The summed E-state index contributed by atoms with van der Waals surface area (Å²) in [5, 5.41) is 10.1. The number of pyridine rings is 1. The summed E-state index contributed by atoms with van der Waals surface area (Å²) in [5.74, 6) is 0.226. The van der Waals surface area contributed by atoms with Gasteiger partial charge in [0.15, 0.2) is 0 Å². The first-order valence-electron chi connectivity index (χ1n) is 8.06. The molecule has 1 heterocycles. The van der Waals surface area contributed by atoms with E-state index in [1.54, 1.807) is 12.1 Å². The van der Waals surface area contributed by atoms with Crippen molar-refractivity contribution in [1.82, 2.24) is 4.98 Å². The number of benzene rings is 3. The second-order valence-corrected chi connectivity index (χ2v) is 5.68. The van der Waals surface area contributed by atoms with Crippen LogP contribution in [0.1, 0.15) is 0 Å². The van der Waals surface area contributed by atoms with Crippen LogP contribution in [-0.4, -0.2) is 10.1 Å². The van der Waals surface area contributed by atoms with Crippen LogP contribution in [0.5, 0.6) is 5.75 Å². The van der Waals surface area contributed by atoms with Crippen LogP contribution in [0.2, 0.25) is 0 Å². The van der Waals surface area contributed by atoms with Gasteiger partial charge in [0.2, 0.25) is 0 Å². The molecule has 4 rings (SSSR count). The molecule has 0 radical (unpaired) electrons. The number of para-hydroxylation sites is 1. The van der Waals surface area contributed by atoms with Gasteiger partial charge in [0.25, 0.3) is 0 Å². The van der Waals surface area contributed by atoms with Crippen LogP contribution in [-0.2, 0) is 16.5 Å². The van der Waals surface area contributed by atoms with E-state index in [-0.39, 0.29) is 22.2 Å². The molecule has 0 fully saturated rings. The third kappa shape index (κ3) is 3.69. The normalized spacial score (nSPS) is 10.2. The van der Waals surface area contributed by atoms with Gasteiger partial charge >= 0.3 is 16.5 Å². The van der Waals surface area contributed by atoms with Crippen LogP contribution in [0, 0.1) is 12.1 Å². The molecule has 0 aliphatic rings. The molecule has 0 spiro atoms. The van der Waals surface area contributed by atoms with Gasteiger partial charge in [-0.25, -0.2) is 5.56 Å². The van der Waals surface area contributed by atoms with Crippen LogP contribution in [0.25, 0.3) is 33.6 Å². The van der Waals surface area contributed by atoms with Crippen molar-refractivity contribution >= 4 is 0 Å². The van der Waals surface area contributed by atoms with Gasteiger partial charge in [-0.05, 0) is 18.2 Å². The maximum absolute atomic E-state index is 10.1. The van der Waals surface area contributed by atoms with E-state index < -0.39 is 0 Å². The quantitative estimate of drug-likeness (QED) is 0.382. The molecule has 2 nitrogen and oxygen atoms in total. The summed E-state index contributed by atoms with van der Waals surface area (Å²) < 4.78 is 0. The topological polar surface area (TPSA) is 33.1 Å². The summed E-state index contributed by atoms with van der Waals surface area (Å²) >= 11 is 0. The summed E-state index contributed by atoms with van der Waals surface area (Å²) in [6, 6.07) is 33.5. The zero-order valence-corrected chi connectivity index (χ0v) is 14.8. The summed E-state index contributed by atoms with van der Waals surface area (Å²) in [5.41, 5.74) is 5.16. The van der Waals surface area contributed by atoms with Gasteiger partial charge in [-0.2, -0.15) is 42.0 Å². The Morgan fingerprint density at radius 2 is 1.35 bits per heavy atom. The molecule has 4 aromatic rings. The standard InChI is InChI=1S/C23H15NO.Ni/c25-23-15-5-4-12-20(23)22-14-7-13-21(24-22)19-11-6-10-18(16-19)17-8-2-1-3-9-17;/h1-8,10-15,25H;/q-2;+2. The van der Waals surface area contributed by atoms with Crippen molar-refractivity contribution in [3.05, 3.63) is 97.1 Å². The fourth-order valence-corrected chi connectivity index (χ4v) is 2.76. The molecule has 0 saturated heterocycles. The predicted molar refractivity (Wildman–Crippen MR) is 99.9 cm³/mol. The Balaban J connectivity index is 0.00000196. The number of phenols is 1. The zero-order chi connectivity index (χ0) is 17.1. The van der Waals surface area contributed by atoms with Crippen LogP contribution in [0.15, 0.2) is 84.9 Å². The smallest absolute Gasteiger partial charge is 0.507 e. The number of hydrogen-bond acceptors (Lipinski definition) is 2. The van der Waals surface area contributed by atoms with Crippen molar-refractivity contribution in [3.63, 3.8) is 0 Å². The van der Waals surface area contributed by atoms with E-state index in [2.05, 4.69) is 12.1 Å². The van der Waals surface area contributed by atoms with Gasteiger partial charge < -0.3 is 5.11 Å². The summed E-state index contributed by atoms with van der Waals surface area (Å²) in [6.07, 6.45) is 0. The van der Waals surface area contributed by atoms with Crippen molar-refractivity contribution in [2.45, 2.75) is 0 Å². The fourth-order valence-electron chi connectivity index (χ4n) is 2.76. The molecule has 0 unspecified atom stereocenters. The van der Waals surface area contributed by atoms with Crippen molar-refractivity contribution < 1.29 is 21.6 Å². The van der Waals surface area contributed by atoms with Crippen LogP contribution < -0.4 is 0 Å². The Kier molecular flexibility index (Phi) is 5.50. The second-order valence-electron chi connectivity index (χ2n) is 5.68. The van der Waals surface area contributed by atoms with E-state index in [1.807, 2.05) is 72.8 Å². The van der Waals surface area contributed by atoms with E-state index in [0.29, 0.717) is 0 Å². The van der Waals surface area contributed by atoms with Gasteiger partial charge in [-0.1, -0.05) is 24.3 Å². The average molecular weight is 380 g/mol. The van der Waals surface area contributed by atoms with Gasteiger partial charge in [0, 0.05) is 11.3 Å². The van der Waals surface area contributed by atoms with Gasteiger partial charge in [-0.3, -0.25) is 4.98 Å². The van der Waals surface area contributed by atoms with Gasteiger partial charge in [0.1, 0.15) is 5.75 Å². The monoisotopic (exact) mass is 379 g/mol. The number of rotatable bonds is 3. The molecule has 26 heavy (non-hydrogen) atoms. The SMILES string of the molecule is Oc1ccccc1-c1cccc(-c2[c-]c(-c3[c-]cccc3)ccc2)n1.[Ni+2]. The summed E-state index contributed by atoms with van der Waals surface area (Å²) in [6.45, 7) is 0. The second kappa shape index (κ2) is 7.99. The number of aromatic hydroxyl groups is 1. The van der Waals surface area contributed by atoms with Crippen molar-refractivity contribution in [1.29, 1.82) is 0 Å². The predicted octanol–water partition coefficient (Wildman–Crippen LogP) is 5.39. The molecule has 0 saturated carbocycles. The van der Waals surface area contributed by atoms with Crippen LogP contribution >= 0.6 is 0 Å². The molecule has 1 N–H and O–H groups in total. The first kappa shape index (κ1) is 17.9. The van der Waals surface area contributed by atoms with Crippen molar-refractivity contribution in [3.8, 4) is 39.4 Å². The summed E-state index contributed by atoms with van der Waals surface area (Å²) in [4.78, 5) is 4.71. The minimum absolute atomic E-state index is 0.